The van der Waals surface area contributed by atoms with Gasteiger partial charge in [0, 0.05) is 39.3 Å². The van der Waals surface area contributed by atoms with E-state index in [2.05, 4.69) is 15.6 Å². The van der Waals surface area contributed by atoms with Gasteiger partial charge in [0.2, 0.25) is 11.7 Å². The predicted molar refractivity (Wildman–Crippen MR) is 97.8 cm³/mol. The van der Waals surface area contributed by atoms with E-state index in [0.29, 0.717) is 55.7 Å². The first-order valence-electron chi connectivity index (χ1n) is 8.79. The molecule has 0 aliphatic carbocycles. The lowest BCUT2D eigenvalue weighted by molar-refractivity contribution is -0.384. The van der Waals surface area contributed by atoms with Crippen molar-refractivity contribution in [2.75, 3.05) is 42.9 Å². The summed E-state index contributed by atoms with van der Waals surface area (Å²) in [5.41, 5.74) is 0.565. The number of aryl methyl sites for hydroxylation is 3. The van der Waals surface area contributed by atoms with E-state index in [0.717, 1.165) is 0 Å². The van der Waals surface area contributed by atoms with Gasteiger partial charge < -0.3 is 14.7 Å². The van der Waals surface area contributed by atoms with E-state index in [4.69, 9.17) is 4.52 Å². The number of hydrogen-bond acceptors (Lipinski definition) is 8. The Morgan fingerprint density at radius 1 is 1.37 bits per heavy atom. The maximum Gasteiger partial charge on any atom is 0.334 e. The number of amides is 1. The van der Waals surface area contributed by atoms with Crippen molar-refractivity contribution >= 4 is 23.2 Å². The average molecular weight is 377 g/mol. The summed E-state index contributed by atoms with van der Waals surface area (Å²) in [6, 6.07) is 1.66. The van der Waals surface area contributed by atoms with Crippen molar-refractivity contribution < 1.29 is 14.2 Å². The molecule has 1 N–H and O–H groups in total. The van der Waals surface area contributed by atoms with Crippen molar-refractivity contribution in [3.8, 4) is 0 Å². The van der Waals surface area contributed by atoms with Crippen molar-refractivity contribution in [1.82, 2.24) is 19.8 Å². The highest BCUT2D eigenvalue weighted by Crippen LogP contribution is 2.32. The molecular formula is C16H23N7O4. The summed E-state index contributed by atoms with van der Waals surface area (Å²) < 4.78 is 6.50. The molecule has 1 saturated heterocycles. The van der Waals surface area contributed by atoms with Crippen LogP contribution >= 0.6 is 0 Å². The number of hydrogen-bond donors (Lipinski definition) is 1. The molecule has 2 aromatic rings. The highest BCUT2D eigenvalue weighted by atomic mass is 16.6. The first kappa shape index (κ1) is 18.8. The van der Waals surface area contributed by atoms with Gasteiger partial charge in [0.1, 0.15) is 11.5 Å². The third-order valence-corrected chi connectivity index (χ3v) is 4.51. The molecule has 1 fully saturated rings. The van der Waals surface area contributed by atoms with Crippen LogP contribution in [0.3, 0.4) is 0 Å². The largest absolute Gasteiger partial charge is 0.360 e. The topological polar surface area (TPSA) is 123 Å². The Kier molecular flexibility index (Phi) is 5.40. The van der Waals surface area contributed by atoms with Crippen molar-refractivity contribution in [2.45, 2.75) is 20.3 Å². The summed E-state index contributed by atoms with van der Waals surface area (Å²) in [4.78, 5) is 27.2. The summed E-state index contributed by atoms with van der Waals surface area (Å²) in [6.45, 7) is 6.24. The van der Waals surface area contributed by atoms with Gasteiger partial charge in [0.05, 0.1) is 11.5 Å². The average Bonchev–Trinajstić information content (AvgIpc) is 3.18. The van der Waals surface area contributed by atoms with Crippen molar-refractivity contribution in [2.24, 2.45) is 7.05 Å². The van der Waals surface area contributed by atoms with Gasteiger partial charge in [-0.05, 0) is 13.3 Å². The number of aromatic nitrogens is 3. The van der Waals surface area contributed by atoms with E-state index in [9.17, 15) is 14.9 Å². The molecule has 11 heteroatoms. The maximum absolute atomic E-state index is 12.1. The van der Waals surface area contributed by atoms with Crippen LogP contribution in [0.2, 0.25) is 0 Å². The van der Waals surface area contributed by atoms with Crippen LogP contribution in [-0.2, 0) is 18.3 Å². The quantitative estimate of drug-likeness (QED) is 0.583. The van der Waals surface area contributed by atoms with Gasteiger partial charge in [0.25, 0.3) is 0 Å². The Morgan fingerprint density at radius 2 is 2.07 bits per heavy atom. The Bertz CT molecular complexity index is 836. The Balaban J connectivity index is 1.60. The molecule has 146 valence electrons. The Labute approximate surface area is 156 Å². The van der Waals surface area contributed by atoms with Crippen LogP contribution in [0.1, 0.15) is 18.4 Å². The minimum absolute atomic E-state index is 0.0765. The molecule has 3 heterocycles. The number of piperazine rings is 1. The highest BCUT2D eigenvalue weighted by Gasteiger charge is 2.31. The van der Waals surface area contributed by atoms with Crippen molar-refractivity contribution in [3.63, 3.8) is 0 Å². The molecule has 0 aromatic carbocycles. The van der Waals surface area contributed by atoms with Crippen molar-refractivity contribution in [3.05, 3.63) is 27.6 Å². The third kappa shape index (κ3) is 4.08. The number of nitro groups is 1. The number of rotatable bonds is 6. The maximum atomic E-state index is 12.1. The summed E-state index contributed by atoms with van der Waals surface area (Å²) in [7, 11) is 1.72. The number of anilines is 2. The summed E-state index contributed by atoms with van der Waals surface area (Å²) in [5, 5.41) is 22.2. The van der Waals surface area contributed by atoms with Gasteiger partial charge >= 0.3 is 5.69 Å². The summed E-state index contributed by atoms with van der Waals surface area (Å²) in [5.74, 6) is 1.38. The van der Waals surface area contributed by atoms with Gasteiger partial charge in [-0.15, -0.1) is 0 Å². The second-order valence-electron chi connectivity index (χ2n) is 6.49. The molecule has 1 aliphatic rings. The zero-order valence-electron chi connectivity index (χ0n) is 15.6. The second kappa shape index (κ2) is 7.74. The molecule has 0 atom stereocenters. The van der Waals surface area contributed by atoms with E-state index in [1.165, 1.54) is 0 Å². The van der Waals surface area contributed by atoms with E-state index >= 15 is 0 Å². The Morgan fingerprint density at radius 3 is 2.63 bits per heavy atom. The lowest BCUT2D eigenvalue weighted by Gasteiger charge is -2.34. The molecule has 0 saturated carbocycles. The van der Waals surface area contributed by atoms with Gasteiger partial charge in [-0.1, -0.05) is 12.1 Å². The van der Waals surface area contributed by atoms with E-state index < -0.39 is 0 Å². The second-order valence-corrected chi connectivity index (χ2v) is 6.49. The zero-order valence-corrected chi connectivity index (χ0v) is 15.6. The van der Waals surface area contributed by atoms with E-state index in [1.807, 2.05) is 16.7 Å². The molecule has 11 nitrogen and oxygen atoms in total. The smallest absolute Gasteiger partial charge is 0.334 e. The SMILES string of the molecule is CCc1nn(C)c(N2CCN(CC(=O)Nc3cc(C)on3)CC2)c1[N+](=O)[O-]. The molecule has 2 aromatic heterocycles. The first-order valence-corrected chi connectivity index (χ1v) is 8.79. The fourth-order valence-corrected chi connectivity index (χ4v) is 3.27. The first-order chi connectivity index (χ1) is 12.9. The van der Waals surface area contributed by atoms with E-state index in [-0.39, 0.29) is 23.1 Å². The lowest BCUT2D eigenvalue weighted by atomic mass is 10.2. The number of carbonyl (C=O) groups is 1. The molecule has 1 amide bonds. The van der Waals surface area contributed by atoms with Crippen LogP contribution < -0.4 is 10.2 Å². The van der Waals surface area contributed by atoms with Gasteiger partial charge in [0.15, 0.2) is 5.82 Å². The molecule has 0 spiro atoms. The number of nitrogens with zero attached hydrogens (tertiary/aromatic N) is 6. The normalized spacial score (nSPS) is 15.1. The van der Waals surface area contributed by atoms with Crippen LogP contribution in [0.5, 0.6) is 0 Å². The standard InChI is InChI=1S/C16H23N7O4/c1-4-12-15(23(25)26)16(20(3)18-12)22-7-5-21(6-8-22)10-14(24)17-13-9-11(2)27-19-13/h9H,4-8,10H2,1-3H3,(H,17,19,24). The molecule has 1 aliphatic heterocycles. The van der Waals surface area contributed by atoms with Gasteiger partial charge in [-0.2, -0.15) is 5.10 Å². The summed E-state index contributed by atoms with van der Waals surface area (Å²) in [6.07, 6.45) is 0.506. The molecule has 0 unspecified atom stereocenters. The number of carbonyl (C=O) groups excluding carboxylic acids is 1. The van der Waals surface area contributed by atoms with Crippen LogP contribution in [0.15, 0.2) is 10.6 Å². The zero-order chi connectivity index (χ0) is 19.6. The monoisotopic (exact) mass is 377 g/mol. The molecule has 27 heavy (non-hydrogen) atoms. The molecule has 0 bridgehead atoms. The Hall–Kier alpha value is -2.95. The van der Waals surface area contributed by atoms with Gasteiger partial charge in [-0.3, -0.25) is 19.8 Å². The molecular weight excluding hydrogens is 354 g/mol. The van der Waals surface area contributed by atoms with Crippen LogP contribution in [0.25, 0.3) is 0 Å². The molecule has 0 radical (unpaired) electrons. The highest BCUT2D eigenvalue weighted by molar-refractivity contribution is 5.91. The van der Waals surface area contributed by atoms with Crippen molar-refractivity contribution in [1.29, 1.82) is 0 Å². The third-order valence-electron chi connectivity index (χ3n) is 4.51. The van der Waals surface area contributed by atoms with Crippen LogP contribution in [0.4, 0.5) is 17.3 Å². The fourth-order valence-electron chi connectivity index (χ4n) is 3.27. The molecule has 3 rings (SSSR count). The van der Waals surface area contributed by atoms with Gasteiger partial charge in [-0.25, -0.2) is 4.68 Å². The van der Waals surface area contributed by atoms with Crippen LogP contribution in [0, 0.1) is 17.0 Å². The minimum Gasteiger partial charge on any atom is -0.360 e. The minimum atomic E-state index is -0.360. The van der Waals surface area contributed by atoms with Crippen LogP contribution in [-0.4, -0.2) is 63.4 Å². The summed E-state index contributed by atoms with van der Waals surface area (Å²) >= 11 is 0. The number of nitrogens with one attached hydrogen (secondary N) is 1. The lowest BCUT2D eigenvalue weighted by Crippen LogP contribution is -2.49. The fraction of sp³-hybridized carbons (Fsp3) is 0.562. The van der Waals surface area contributed by atoms with E-state index in [1.54, 1.807) is 24.7 Å². The predicted octanol–water partition coefficient (Wildman–Crippen LogP) is 0.948.